The zero-order valence-electron chi connectivity index (χ0n) is 8.37. The van der Waals surface area contributed by atoms with Crippen LogP contribution in [0, 0.1) is 0 Å². The number of amides is 3. The van der Waals surface area contributed by atoms with Crippen LogP contribution in [-0.2, 0) is 11.2 Å². The summed E-state index contributed by atoms with van der Waals surface area (Å²) in [6, 6.07) is 3.21. The van der Waals surface area contributed by atoms with Gasteiger partial charge in [0, 0.05) is 6.42 Å². The highest BCUT2D eigenvalue weighted by atomic mass is 16.3. The second-order valence-electron chi connectivity index (χ2n) is 3.82. The van der Waals surface area contributed by atoms with Crippen molar-refractivity contribution in [1.29, 1.82) is 0 Å². The Labute approximate surface area is 86.8 Å². The SMILES string of the molecule is CC1(CCc2ccco2)NC(=O)NC1=O. The van der Waals surface area contributed by atoms with Crippen LogP contribution in [0.3, 0.4) is 0 Å². The lowest BCUT2D eigenvalue weighted by atomic mass is 9.95. The molecule has 0 bridgehead atoms. The average Bonchev–Trinajstić information content (AvgIpc) is 2.73. The van der Waals surface area contributed by atoms with E-state index < -0.39 is 11.6 Å². The third kappa shape index (κ3) is 1.86. The van der Waals surface area contributed by atoms with Gasteiger partial charge in [0.05, 0.1) is 6.26 Å². The molecule has 0 aliphatic carbocycles. The zero-order valence-corrected chi connectivity index (χ0v) is 8.37. The summed E-state index contributed by atoms with van der Waals surface area (Å²) >= 11 is 0. The van der Waals surface area contributed by atoms with Crippen molar-refractivity contribution in [2.24, 2.45) is 0 Å². The largest absolute Gasteiger partial charge is 0.469 e. The van der Waals surface area contributed by atoms with Gasteiger partial charge < -0.3 is 9.73 Å². The van der Waals surface area contributed by atoms with Gasteiger partial charge in [-0.3, -0.25) is 10.1 Å². The standard InChI is InChI=1S/C10H12N2O3/c1-10(8(13)11-9(14)12-10)5-4-7-3-2-6-15-7/h2-3,6H,4-5H2,1H3,(H2,11,12,13,14). The van der Waals surface area contributed by atoms with Crippen LogP contribution in [0.15, 0.2) is 22.8 Å². The van der Waals surface area contributed by atoms with Crippen LogP contribution in [0.2, 0.25) is 0 Å². The normalized spacial score (nSPS) is 25.1. The second kappa shape index (κ2) is 3.42. The molecular weight excluding hydrogens is 196 g/mol. The van der Waals surface area contributed by atoms with Crippen molar-refractivity contribution in [1.82, 2.24) is 10.6 Å². The molecule has 5 heteroatoms. The van der Waals surface area contributed by atoms with Gasteiger partial charge >= 0.3 is 6.03 Å². The van der Waals surface area contributed by atoms with E-state index in [4.69, 9.17) is 4.42 Å². The topological polar surface area (TPSA) is 71.3 Å². The van der Waals surface area contributed by atoms with E-state index in [0.717, 1.165) is 5.76 Å². The minimum absolute atomic E-state index is 0.279. The number of carbonyl (C=O) groups is 2. The Morgan fingerprint density at radius 1 is 1.47 bits per heavy atom. The number of aryl methyl sites for hydroxylation is 1. The molecule has 0 saturated carbocycles. The summed E-state index contributed by atoms with van der Waals surface area (Å²) in [7, 11) is 0. The number of hydrogen-bond acceptors (Lipinski definition) is 3. The summed E-state index contributed by atoms with van der Waals surface area (Å²) in [5, 5.41) is 4.82. The third-order valence-corrected chi connectivity index (χ3v) is 2.57. The summed E-state index contributed by atoms with van der Waals surface area (Å²) < 4.78 is 5.16. The summed E-state index contributed by atoms with van der Waals surface area (Å²) in [6.45, 7) is 1.70. The fraction of sp³-hybridized carbons (Fsp3) is 0.400. The smallest absolute Gasteiger partial charge is 0.322 e. The molecule has 1 aromatic rings. The number of furan rings is 1. The van der Waals surface area contributed by atoms with E-state index in [0.29, 0.717) is 12.8 Å². The van der Waals surface area contributed by atoms with Gasteiger partial charge in [0.2, 0.25) is 0 Å². The van der Waals surface area contributed by atoms with Gasteiger partial charge in [-0.25, -0.2) is 4.79 Å². The lowest BCUT2D eigenvalue weighted by Gasteiger charge is -2.19. The van der Waals surface area contributed by atoms with Crippen molar-refractivity contribution >= 4 is 11.9 Å². The van der Waals surface area contributed by atoms with Crippen LogP contribution in [0.5, 0.6) is 0 Å². The van der Waals surface area contributed by atoms with Crippen molar-refractivity contribution in [2.75, 3.05) is 0 Å². The third-order valence-electron chi connectivity index (χ3n) is 2.57. The Bertz CT molecular complexity index is 385. The first-order chi connectivity index (χ1) is 7.10. The minimum Gasteiger partial charge on any atom is -0.469 e. The Morgan fingerprint density at radius 2 is 2.27 bits per heavy atom. The number of rotatable bonds is 3. The van der Waals surface area contributed by atoms with Crippen molar-refractivity contribution in [3.8, 4) is 0 Å². The highest BCUT2D eigenvalue weighted by Gasteiger charge is 2.41. The molecule has 1 aliphatic rings. The molecule has 5 nitrogen and oxygen atoms in total. The van der Waals surface area contributed by atoms with E-state index in [9.17, 15) is 9.59 Å². The lowest BCUT2D eigenvalue weighted by Crippen LogP contribution is -2.43. The van der Waals surface area contributed by atoms with Gasteiger partial charge in [0.1, 0.15) is 11.3 Å². The molecule has 1 fully saturated rings. The first-order valence-corrected chi connectivity index (χ1v) is 4.76. The Kier molecular flexibility index (Phi) is 2.22. The van der Waals surface area contributed by atoms with Crippen LogP contribution in [0.4, 0.5) is 4.79 Å². The van der Waals surface area contributed by atoms with E-state index in [1.165, 1.54) is 0 Å². The average molecular weight is 208 g/mol. The van der Waals surface area contributed by atoms with E-state index in [1.807, 2.05) is 6.07 Å². The molecule has 0 spiro atoms. The monoisotopic (exact) mass is 208 g/mol. The molecule has 1 unspecified atom stereocenters. The van der Waals surface area contributed by atoms with Gasteiger partial charge in [0.25, 0.3) is 5.91 Å². The molecular formula is C10H12N2O3. The fourth-order valence-corrected chi connectivity index (χ4v) is 1.58. The first kappa shape index (κ1) is 9.76. The molecule has 1 atom stereocenters. The van der Waals surface area contributed by atoms with Gasteiger partial charge in [-0.05, 0) is 25.5 Å². The number of imide groups is 1. The van der Waals surface area contributed by atoms with Gasteiger partial charge in [-0.15, -0.1) is 0 Å². The van der Waals surface area contributed by atoms with Crippen molar-refractivity contribution < 1.29 is 14.0 Å². The Hall–Kier alpha value is -1.78. The molecule has 0 aromatic carbocycles. The van der Waals surface area contributed by atoms with Crippen LogP contribution < -0.4 is 10.6 Å². The minimum atomic E-state index is -0.816. The highest BCUT2D eigenvalue weighted by molar-refractivity contribution is 6.06. The first-order valence-electron chi connectivity index (χ1n) is 4.76. The van der Waals surface area contributed by atoms with Crippen molar-refractivity contribution in [3.05, 3.63) is 24.2 Å². The maximum Gasteiger partial charge on any atom is 0.322 e. The number of urea groups is 1. The van der Waals surface area contributed by atoms with Crippen LogP contribution in [-0.4, -0.2) is 17.5 Å². The Balaban J connectivity index is 1.99. The van der Waals surface area contributed by atoms with Crippen LogP contribution >= 0.6 is 0 Å². The molecule has 1 saturated heterocycles. The maximum absolute atomic E-state index is 11.4. The van der Waals surface area contributed by atoms with Gasteiger partial charge in [0.15, 0.2) is 0 Å². The molecule has 2 rings (SSSR count). The molecule has 2 heterocycles. The van der Waals surface area contributed by atoms with E-state index in [-0.39, 0.29) is 5.91 Å². The quantitative estimate of drug-likeness (QED) is 0.722. The molecule has 80 valence electrons. The maximum atomic E-state index is 11.4. The molecule has 2 N–H and O–H groups in total. The summed E-state index contributed by atoms with van der Waals surface area (Å²) in [6.07, 6.45) is 2.74. The number of hydrogen-bond donors (Lipinski definition) is 2. The predicted molar refractivity (Wildman–Crippen MR) is 52.1 cm³/mol. The molecule has 15 heavy (non-hydrogen) atoms. The van der Waals surface area contributed by atoms with E-state index >= 15 is 0 Å². The lowest BCUT2D eigenvalue weighted by molar-refractivity contribution is -0.123. The summed E-state index contributed by atoms with van der Waals surface area (Å²) in [4.78, 5) is 22.4. The Morgan fingerprint density at radius 3 is 2.80 bits per heavy atom. The molecule has 1 aliphatic heterocycles. The van der Waals surface area contributed by atoms with E-state index in [1.54, 1.807) is 19.3 Å². The van der Waals surface area contributed by atoms with Crippen molar-refractivity contribution in [3.63, 3.8) is 0 Å². The molecule has 3 amide bonds. The number of nitrogens with one attached hydrogen (secondary N) is 2. The van der Waals surface area contributed by atoms with Crippen molar-refractivity contribution in [2.45, 2.75) is 25.3 Å². The van der Waals surface area contributed by atoms with Crippen LogP contribution in [0.1, 0.15) is 19.1 Å². The van der Waals surface area contributed by atoms with Gasteiger partial charge in [-0.1, -0.05) is 0 Å². The fourth-order valence-electron chi connectivity index (χ4n) is 1.58. The highest BCUT2D eigenvalue weighted by Crippen LogP contribution is 2.17. The second-order valence-corrected chi connectivity index (χ2v) is 3.82. The zero-order chi connectivity index (χ0) is 10.9. The molecule has 0 radical (unpaired) electrons. The molecule has 1 aromatic heterocycles. The predicted octanol–water partition coefficient (Wildman–Crippen LogP) is 0.810. The summed E-state index contributed by atoms with van der Waals surface area (Å²) in [5.74, 6) is 0.532. The van der Waals surface area contributed by atoms with Crippen LogP contribution in [0.25, 0.3) is 0 Å². The van der Waals surface area contributed by atoms with E-state index in [2.05, 4.69) is 10.6 Å². The number of carbonyl (C=O) groups excluding carboxylic acids is 2. The van der Waals surface area contributed by atoms with Gasteiger partial charge in [-0.2, -0.15) is 0 Å². The summed E-state index contributed by atoms with van der Waals surface area (Å²) in [5.41, 5.74) is -0.816.